The Bertz CT molecular complexity index is 3260. The van der Waals surface area contributed by atoms with Gasteiger partial charge in [-0.1, -0.05) is 182 Å². The average Bonchev–Trinajstić information content (AvgIpc) is 3.69. The molecule has 61 heavy (non-hydrogen) atoms. The Morgan fingerprint density at radius 1 is 0.410 bits per heavy atom. The van der Waals surface area contributed by atoms with Crippen LogP contribution in [0, 0.1) is 0 Å². The van der Waals surface area contributed by atoms with Crippen molar-refractivity contribution in [2.45, 2.75) is 12.3 Å². The van der Waals surface area contributed by atoms with Gasteiger partial charge in [0.15, 0.2) is 17.5 Å². The number of hydrogen-bond donors (Lipinski definition) is 0. The molecule has 0 radical (unpaired) electrons. The fraction of sp³-hybridized carbons (Fsp3) is 0.0351. The Morgan fingerprint density at radius 3 is 1.64 bits per heavy atom. The van der Waals surface area contributed by atoms with Crippen molar-refractivity contribution < 1.29 is 0 Å². The van der Waals surface area contributed by atoms with Crippen LogP contribution in [0.3, 0.4) is 0 Å². The van der Waals surface area contributed by atoms with Crippen molar-refractivity contribution in [3.8, 4) is 61.8 Å². The summed E-state index contributed by atoms with van der Waals surface area (Å²) >= 11 is 0. The summed E-state index contributed by atoms with van der Waals surface area (Å²) in [5.74, 6) is 2.22. The summed E-state index contributed by atoms with van der Waals surface area (Å²) in [4.78, 5) is 15.7. The lowest BCUT2D eigenvalue weighted by Crippen LogP contribution is -2.07. The van der Waals surface area contributed by atoms with E-state index in [0.717, 1.165) is 62.1 Å². The van der Waals surface area contributed by atoms with Crippen molar-refractivity contribution in [3.63, 3.8) is 0 Å². The second-order valence-electron chi connectivity index (χ2n) is 15.6. The predicted molar refractivity (Wildman–Crippen MR) is 252 cm³/mol. The first-order valence-electron chi connectivity index (χ1n) is 20.9. The first kappa shape index (κ1) is 36.2. The third kappa shape index (κ3) is 6.94. The van der Waals surface area contributed by atoms with E-state index in [1.807, 2.05) is 6.07 Å². The van der Waals surface area contributed by atoms with Crippen LogP contribution < -0.4 is 0 Å². The minimum absolute atomic E-state index is 0.232. The molecule has 0 amide bonds. The summed E-state index contributed by atoms with van der Waals surface area (Å²) in [7, 11) is 0. The highest BCUT2D eigenvalue weighted by Gasteiger charge is 2.21. The lowest BCUT2D eigenvalue weighted by Gasteiger charge is -2.19. The second-order valence-corrected chi connectivity index (χ2v) is 15.6. The molecular formula is C57H40N4. The summed E-state index contributed by atoms with van der Waals surface area (Å²) in [5.41, 5.74) is 14.6. The van der Waals surface area contributed by atoms with E-state index in [2.05, 4.69) is 223 Å². The van der Waals surface area contributed by atoms with Gasteiger partial charge in [-0.3, -0.25) is 0 Å². The maximum Gasteiger partial charge on any atom is 0.164 e. The Hall–Kier alpha value is -7.95. The summed E-state index contributed by atoms with van der Waals surface area (Å²) in [6.45, 7) is 0. The van der Waals surface area contributed by atoms with Crippen LogP contribution in [0.2, 0.25) is 0 Å². The molecule has 2 aromatic heterocycles. The van der Waals surface area contributed by atoms with Crippen molar-refractivity contribution in [1.82, 2.24) is 19.5 Å². The summed E-state index contributed by atoms with van der Waals surface area (Å²) in [6.07, 6.45) is 7.37. The van der Waals surface area contributed by atoms with Gasteiger partial charge < -0.3 is 4.57 Å². The van der Waals surface area contributed by atoms with Gasteiger partial charge in [-0.15, -0.1) is 0 Å². The number of fused-ring (bicyclic) bond motifs is 3. The van der Waals surface area contributed by atoms with Gasteiger partial charge in [-0.2, -0.15) is 0 Å². The van der Waals surface area contributed by atoms with E-state index in [1.165, 1.54) is 27.5 Å². The molecule has 1 atom stereocenters. The van der Waals surface area contributed by atoms with Crippen molar-refractivity contribution in [2.24, 2.45) is 0 Å². The second kappa shape index (κ2) is 15.7. The molecule has 0 bridgehead atoms. The van der Waals surface area contributed by atoms with Crippen LogP contribution >= 0.6 is 0 Å². The minimum atomic E-state index is 0.232. The van der Waals surface area contributed by atoms with Crippen LogP contribution in [0.5, 0.6) is 0 Å². The maximum atomic E-state index is 5.27. The van der Waals surface area contributed by atoms with Gasteiger partial charge in [0, 0.05) is 33.5 Å². The van der Waals surface area contributed by atoms with Gasteiger partial charge in [-0.05, 0) is 93.4 Å². The molecule has 10 aromatic rings. The highest BCUT2D eigenvalue weighted by molar-refractivity contribution is 6.16. The molecule has 1 unspecified atom stereocenters. The smallest absolute Gasteiger partial charge is 0.164 e. The SMILES string of the molecule is C1=CC(c2ccccc2)CC(c2nc(-c3cccc(-c4ccccc4)c3)nc(-c3cccc(-c4cccc5c4c4cc(-c6ccccc6)ccc4n5-c4ccccc4)c3)n2)=C1. The van der Waals surface area contributed by atoms with E-state index in [1.54, 1.807) is 0 Å². The molecule has 0 saturated carbocycles. The Balaban J connectivity index is 1.07. The van der Waals surface area contributed by atoms with E-state index in [0.29, 0.717) is 17.5 Å². The number of para-hydroxylation sites is 1. The van der Waals surface area contributed by atoms with E-state index in [-0.39, 0.29) is 5.92 Å². The fourth-order valence-corrected chi connectivity index (χ4v) is 8.82. The zero-order valence-corrected chi connectivity index (χ0v) is 33.4. The summed E-state index contributed by atoms with van der Waals surface area (Å²) in [6, 6.07) is 73.1. The topological polar surface area (TPSA) is 43.6 Å². The van der Waals surface area contributed by atoms with Crippen LogP contribution in [0.15, 0.2) is 224 Å². The average molecular weight is 781 g/mol. The number of benzene rings is 8. The van der Waals surface area contributed by atoms with Crippen LogP contribution in [-0.2, 0) is 0 Å². The van der Waals surface area contributed by atoms with Crippen LogP contribution in [-0.4, -0.2) is 19.5 Å². The molecule has 2 heterocycles. The number of allylic oxidation sites excluding steroid dienone is 4. The predicted octanol–water partition coefficient (Wildman–Crippen LogP) is 14.4. The van der Waals surface area contributed by atoms with Crippen molar-refractivity contribution in [2.75, 3.05) is 0 Å². The summed E-state index contributed by atoms with van der Waals surface area (Å²) < 4.78 is 2.38. The molecule has 8 aromatic carbocycles. The molecule has 4 heteroatoms. The van der Waals surface area contributed by atoms with E-state index in [9.17, 15) is 0 Å². The number of rotatable bonds is 8. The normalized spacial score (nSPS) is 13.7. The summed E-state index contributed by atoms with van der Waals surface area (Å²) in [5, 5.41) is 2.41. The lowest BCUT2D eigenvalue weighted by molar-refractivity contribution is 0.853. The number of nitrogens with zero attached hydrogens (tertiary/aromatic N) is 4. The first-order chi connectivity index (χ1) is 30.2. The van der Waals surface area contributed by atoms with Crippen molar-refractivity contribution in [3.05, 3.63) is 236 Å². The molecule has 0 saturated heterocycles. The zero-order valence-electron chi connectivity index (χ0n) is 33.4. The first-order valence-corrected chi connectivity index (χ1v) is 20.9. The van der Waals surface area contributed by atoms with Gasteiger partial charge in [0.05, 0.1) is 11.0 Å². The third-order valence-corrected chi connectivity index (χ3v) is 11.8. The van der Waals surface area contributed by atoms with Crippen molar-refractivity contribution >= 4 is 27.4 Å². The molecule has 1 aliphatic rings. The fourth-order valence-electron chi connectivity index (χ4n) is 8.82. The lowest BCUT2D eigenvalue weighted by atomic mass is 9.88. The Kier molecular flexibility index (Phi) is 9.29. The molecule has 0 spiro atoms. The van der Waals surface area contributed by atoms with E-state index in [4.69, 9.17) is 15.0 Å². The van der Waals surface area contributed by atoms with Gasteiger partial charge in [0.2, 0.25) is 0 Å². The standard InChI is InChI=1S/C57H40N4/c1-5-17-39(18-6-1)42-23-13-26-46(35-42)55-58-56(47-27-14-24-43(36-47)40-19-7-2-8-20-40)60-57(59-55)48-28-15-25-45(37-48)50-31-16-32-53-54(50)51-38-44(41-21-9-3-10-22-41)33-34-52(51)61(53)49-29-11-4-12-30-49/h1-35,37-38,43H,36H2. The Morgan fingerprint density at radius 2 is 0.951 bits per heavy atom. The zero-order chi connectivity index (χ0) is 40.5. The molecular weight excluding hydrogens is 741 g/mol. The van der Waals surface area contributed by atoms with Gasteiger partial charge >= 0.3 is 0 Å². The highest BCUT2D eigenvalue weighted by Crippen LogP contribution is 2.41. The monoisotopic (exact) mass is 780 g/mol. The molecule has 4 nitrogen and oxygen atoms in total. The van der Waals surface area contributed by atoms with Crippen molar-refractivity contribution in [1.29, 1.82) is 0 Å². The van der Waals surface area contributed by atoms with E-state index < -0.39 is 0 Å². The van der Waals surface area contributed by atoms with E-state index >= 15 is 0 Å². The molecule has 1 aliphatic carbocycles. The van der Waals surface area contributed by atoms with Crippen LogP contribution in [0.25, 0.3) is 89.2 Å². The molecule has 0 aliphatic heterocycles. The van der Waals surface area contributed by atoms with Gasteiger partial charge in [-0.25, -0.2) is 15.0 Å². The molecule has 11 rings (SSSR count). The molecule has 288 valence electrons. The highest BCUT2D eigenvalue weighted by atomic mass is 15.0. The van der Waals surface area contributed by atoms with Gasteiger partial charge in [0.25, 0.3) is 0 Å². The van der Waals surface area contributed by atoms with Gasteiger partial charge in [0.1, 0.15) is 0 Å². The van der Waals surface area contributed by atoms with Crippen LogP contribution in [0.4, 0.5) is 0 Å². The van der Waals surface area contributed by atoms with Crippen LogP contribution in [0.1, 0.15) is 23.7 Å². The third-order valence-electron chi connectivity index (χ3n) is 11.8. The quantitative estimate of drug-likeness (QED) is 0.154. The largest absolute Gasteiger partial charge is 0.309 e. The minimum Gasteiger partial charge on any atom is -0.309 e. The maximum absolute atomic E-state index is 5.27. The molecule has 0 N–H and O–H groups in total. The number of aromatic nitrogens is 4. The number of hydrogen-bond acceptors (Lipinski definition) is 3. The molecule has 0 fully saturated rings. The Labute approximate surface area is 355 Å².